The first-order chi connectivity index (χ1) is 7.22. The van der Waals surface area contributed by atoms with E-state index in [4.69, 9.17) is 10.5 Å². The highest BCUT2D eigenvalue weighted by atomic mass is 32.1. The Morgan fingerprint density at radius 1 is 1.38 bits per heavy atom. The van der Waals surface area contributed by atoms with E-state index in [1.54, 1.807) is 13.8 Å². The summed E-state index contributed by atoms with van der Waals surface area (Å²) in [4.78, 5) is 3.62. The van der Waals surface area contributed by atoms with E-state index < -0.39 is 17.5 Å². The Kier molecular flexibility index (Phi) is 3.61. The number of nitrogens with zero attached hydrogens (tertiary/aromatic N) is 1. The Morgan fingerprint density at radius 3 is 2.25 bits per heavy atom. The van der Waals surface area contributed by atoms with E-state index in [-0.39, 0.29) is 16.4 Å². The van der Waals surface area contributed by atoms with Crippen LogP contribution in [0.1, 0.15) is 29.4 Å². The largest absolute Gasteiger partial charge is 0.434 e. The summed E-state index contributed by atoms with van der Waals surface area (Å²) in [7, 11) is 1.43. The molecular weight excluding hydrogens is 241 g/mol. The van der Waals surface area contributed by atoms with E-state index >= 15 is 0 Å². The second kappa shape index (κ2) is 4.31. The molecule has 0 atom stereocenters. The molecule has 7 heteroatoms. The molecule has 1 aromatic heterocycles. The fourth-order valence-corrected chi connectivity index (χ4v) is 2.10. The molecule has 0 aliphatic rings. The molecule has 0 aromatic carbocycles. The van der Waals surface area contributed by atoms with Gasteiger partial charge in [0.1, 0.15) is 10.6 Å². The maximum atomic E-state index is 12.6. The zero-order valence-corrected chi connectivity index (χ0v) is 10.00. The molecular formula is C9H13F3N2OS. The Bertz CT molecular complexity index is 373. The van der Waals surface area contributed by atoms with Gasteiger partial charge in [-0.1, -0.05) is 0 Å². The SMILES string of the molecule is COC(C)(C)c1nc(C(F)(F)F)c(CN)s1. The van der Waals surface area contributed by atoms with E-state index in [0.717, 1.165) is 11.3 Å². The molecule has 0 spiro atoms. The summed E-state index contributed by atoms with van der Waals surface area (Å²) in [6.07, 6.45) is -4.47. The summed E-state index contributed by atoms with van der Waals surface area (Å²) in [5.41, 5.74) is 3.54. The average molecular weight is 254 g/mol. The molecule has 0 fully saturated rings. The predicted octanol–water partition coefficient (Wildman–Crippen LogP) is 2.50. The third kappa shape index (κ3) is 2.53. The summed E-state index contributed by atoms with van der Waals surface area (Å²) < 4.78 is 42.9. The van der Waals surface area contributed by atoms with E-state index in [9.17, 15) is 13.2 Å². The summed E-state index contributed by atoms with van der Waals surface area (Å²) in [6, 6.07) is 0. The molecule has 3 nitrogen and oxygen atoms in total. The van der Waals surface area contributed by atoms with Crippen LogP contribution in [0.3, 0.4) is 0 Å². The maximum absolute atomic E-state index is 12.6. The highest BCUT2D eigenvalue weighted by Crippen LogP contribution is 2.37. The number of hydrogen-bond acceptors (Lipinski definition) is 4. The molecule has 1 heterocycles. The smallest absolute Gasteiger partial charge is 0.372 e. The summed E-state index contributed by atoms with van der Waals surface area (Å²) in [5, 5.41) is 0.280. The highest BCUT2D eigenvalue weighted by Gasteiger charge is 2.39. The van der Waals surface area contributed by atoms with Gasteiger partial charge in [0, 0.05) is 13.7 Å². The molecule has 0 aliphatic carbocycles. The minimum absolute atomic E-state index is 0.0348. The van der Waals surface area contributed by atoms with Crippen molar-refractivity contribution in [2.75, 3.05) is 7.11 Å². The second-order valence-corrected chi connectivity index (χ2v) is 4.79. The van der Waals surface area contributed by atoms with Crippen molar-refractivity contribution in [3.63, 3.8) is 0 Å². The van der Waals surface area contributed by atoms with Crippen LogP contribution in [-0.2, 0) is 23.1 Å². The number of methoxy groups -OCH3 is 1. The van der Waals surface area contributed by atoms with Gasteiger partial charge in [-0.15, -0.1) is 11.3 Å². The predicted molar refractivity (Wildman–Crippen MR) is 55.0 cm³/mol. The molecule has 0 saturated heterocycles. The molecule has 0 aliphatic heterocycles. The van der Waals surface area contributed by atoms with Gasteiger partial charge in [0.2, 0.25) is 0 Å². The van der Waals surface area contributed by atoms with E-state index in [0.29, 0.717) is 0 Å². The third-order valence-corrected chi connectivity index (χ3v) is 3.56. The molecule has 1 aromatic rings. The molecule has 92 valence electrons. The number of ether oxygens (including phenoxy) is 1. The van der Waals surface area contributed by atoms with Crippen LogP contribution in [0.5, 0.6) is 0 Å². The van der Waals surface area contributed by atoms with E-state index in [1.165, 1.54) is 7.11 Å². The molecule has 0 bridgehead atoms. The third-order valence-electron chi connectivity index (χ3n) is 2.18. The van der Waals surface area contributed by atoms with Gasteiger partial charge in [0.15, 0.2) is 5.69 Å². The van der Waals surface area contributed by atoms with Gasteiger partial charge in [0.05, 0.1) is 4.88 Å². The van der Waals surface area contributed by atoms with Gasteiger partial charge in [-0.05, 0) is 13.8 Å². The minimum Gasteiger partial charge on any atom is -0.372 e. The first kappa shape index (κ1) is 13.4. The molecule has 0 unspecified atom stereocenters. The lowest BCUT2D eigenvalue weighted by Gasteiger charge is -2.19. The molecule has 0 amide bonds. The van der Waals surface area contributed by atoms with Crippen molar-refractivity contribution in [1.29, 1.82) is 0 Å². The van der Waals surface area contributed by atoms with Crippen molar-refractivity contribution in [2.24, 2.45) is 5.73 Å². The average Bonchev–Trinajstić information content (AvgIpc) is 2.61. The van der Waals surface area contributed by atoms with Crippen molar-refractivity contribution < 1.29 is 17.9 Å². The van der Waals surface area contributed by atoms with E-state index in [1.807, 2.05) is 0 Å². The maximum Gasteiger partial charge on any atom is 0.434 e. The second-order valence-electron chi connectivity index (χ2n) is 3.71. The summed E-state index contributed by atoms with van der Waals surface area (Å²) in [6.45, 7) is 3.14. The van der Waals surface area contributed by atoms with Crippen LogP contribution in [0.4, 0.5) is 13.2 Å². The van der Waals surface area contributed by atoms with Crippen molar-refractivity contribution in [1.82, 2.24) is 4.98 Å². The number of nitrogens with two attached hydrogens (primary N) is 1. The van der Waals surface area contributed by atoms with E-state index in [2.05, 4.69) is 4.98 Å². The number of alkyl halides is 3. The summed E-state index contributed by atoms with van der Waals surface area (Å²) >= 11 is 0.937. The van der Waals surface area contributed by atoms with Crippen LogP contribution in [-0.4, -0.2) is 12.1 Å². The Hall–Kier alpha value is -0.660. The zero-order chi connectivity index (χ0) is 12.6. The highest BCUT2D eigenvalue weighted by molar-refractivity contribution is 7.11. The Labute approximate surface area is 95.4 Å². The van der Waals surface area contributed by atoms with Crippen LogP contribution in [0.25, 0.3) is 0 Å². The van der Waals surface area contributed by atoms with Crippen LogP contribution in [0.2, 0.25) is 0 Å². The molecule has 0 saturated carbocycles. The van der Waals surface area contributed by atoms with Gasteiger partial charge in [-0.2, -0.15) is 13.2 Å². The van der Waals surface area contributed by atoms with Crippen molar-refractivity contribution in [2.45, 2.75) is 32.2 Å². The first-order valence-electron chi connectivity index (χ1n) is 4.55. The van der Waals surface area contributed by atoms with Crippen LogP contribution in [0.15, 0.2) is 0 Å². The van der Waals surface area contributed by atoms with Gasteiger partial charge in [-0.3, -0.25) is 0 Å². The number of hydrogen-bond donors (Lipinski definition) is 1. The molecule has 1 rings (SSSR count). The zero-order valence-electron chi connectivity index (χ0n) is 9.18. The number of aromatic nitrogens is 1. The fourth-order valence-electron chi connectivity index (χ4n) is 1.06. The Morgan fingerprint density at radius 2 is 1.94 bits per heavy atom. The van der Waals surface area contributed by atoms with Crippen LogP contribution < -0.4 is 5.73 Å². The van der Waals surface area contributed by atoms with Crippen molar-refractivity contribution in [3.05, 3.63) is 15.6 Å². The minimum atomic E-state index is -4.47. The molecule has 0 radical (unpaired) electrons. The lowest BCUT2D eigenvalue weighted by molar-refractivity contribution is -0.141. The quantitative estimate of drug-likeness (QED) is 0.901. The van der Waals surface area contributed by atoms with Gasteiger partial charge >= 0.3 is 6.18 Å². The lowest BCUT2D eigenvalue weighted by Crippen LogP contribution is -2.19. The number of halogens is 3. The van der Waals surface area contributed by atoms with Crippen LogP contribution >= 0.6 is 11.3 Å². The van der Waals surface area contributed by atoms with Crippen LogP contribution in [0, 0.1) is 0 Å². The fraction of sp³-hybridized carbons (Fsp3) is 0.667. The van der Waals surface area contributed by atoms with Gasteiger partial charge < -0.3 is 10.5 Å². The van der Waals surface area contributed by atoms with Gasteiger partial charge in [-0.25, -0.2) is 4.98 Å². The van der Waals surface area contributed by atoms with Crippen molar-refractivity contribution >= 4 is 11.3 Å². The normalized spacial score (nSPS) is 13.2. The summed E-state index contributed by atoms with van der Waals surface area (Å²) in [5.74, 6) is 0. The van der Waals surface area contributed by atoms with Gasteiger partial charge in [0.25, 0.3) is 0 Å². The Balaban J connectivity index is 3.23. The monoisotopic (exact) mass is 254 g/mol. The standard InChI is InChI=1S/C9H13F3N2OS/c1-8(2,15-3)7-14-6(9(10,11)12)5(4-13)16-7/h4,13H2,1-3H3. The molecule has 2 N–H and O–H groups in total. The van der Waals surface area contributed by atoms with Crippen molar-refractivity contribution in [3.8, 4) is 0 Å². The first-order valence-corrected chi connectivity index (χ1v) is 5.36. The number of rotatable bonds is 3. The lowest BCUT2D eigenvalue weighted by atomic mass is 10.1. The topological polar surface area (TPSA) is 48.1 Å². The number of thiazole rings is 1. The molecule has 16 heavy (non-hydrogen) atoms.